The number of nitrogens with one attached hydrogen (secondary N) is 2. The standard InChI is InChI=1S/C14H23N3O/c1-14(2)7-5-8-15-12(14)10-16-13(18)11-6-4-9-17(11)3/h4,6,9,12,15H,5,7-8,10H2,1-3H3,(H,16,18). The second-order valence-corrected chi connectivity index (χ2v) is 5.81. The smallest absolute Gasteiger partial charge is 0.267 e. The van der Waals surface area contributed by atoms with Gasteiger partial charge in [0.25, 0.3) is 5.91 Å². The third-order valence-corrected chi connectivity index (χ3v) is 3.98. The van der Waals surface area contributed by atoms with Crippen molar-refractivity contribution in [3.8, 4) is 0 Å². The lowest BCUT2D eigenvalue weighted by atomic mass is 9.77. The summed E-state index contributed by atoms with van der Waals surface area (Å²) in [4.78, 5) is 12.0. The van der Waals surface area contributed by atoms with Crippen molar-refractivity contribution in [3.05, 3.63) is 24.0 Å². The van der Waals surface area contributed by atoms with Gasteiger partial charge in [-0.25, -0.2) is 0 Å². The largest absolute Gasteiger partial charge is 0.349 e. The summed E-state index contributed by atoms with van der Waals surface area (Å²) in [5, 5.41) is 6.53. The third-order valence-electron chi connectivity index (χ3n) is 3.98. The molecule has 0 bridgehead atoms. The Labute approximate surface area is 109 Å². The van der Waals surface area contributed by atoms with Gasteiger partial charge in [0.2, 0.25) is 0 Å². The minimum atomic E-state index is 0.00525. The van der Waals surface area contributed by atoms with Gasteiger partial charge in [-0.2, -0.15) is 0 Å². The van der Waals surface area contributed by atoms with Gasteiger partial charge in [-0.1, -0.05) is 13.8 Å². The van der Waals surface area contributed by atoms with Gasteiger partial charge in [0.1, 0.15) is 5.69 Å². The average molecular weight is 249 g/mol. The summed E-state index contributed by atoms with van der Waals surface area (Å²) in [6.07, 6.45) is 4.32. The van der Waals surface area contributed by atoms with Crippen molar-refractivity contribution >= 4 is 5.91 Å². The highest BCUT2D eigenvalue weighted by molar-refractivity contribution is 5.92. The van der Waals surface area contributed by atoms with Gasteiger partial charge in [0, 0.05) is 25.8 Å². The van der Waals surface area contributed by atoms with Crippen LogP contribution in [-0.4, -0.2) is 29.6 Å². The van der Waals surface area contributed by atoms with E-state index in [1.54, 1.807) is 0 Å². The molecule has 1 aromatic rings. The summed E-state index contributed by atoms with van der Waals surface area (Å²) in [6.45, 7) is 6.27. The first kappa shape index (κ1) is 13.1. The molecule has 1 fully saturated rings. The number of aryl methyl sites for hydroxylation is 1. The van der Waals surface area contributed by atoms with E-state index < -0.39 is 0 Å². The summed E-state index contributed by atoms with van der Waals surface area (Å²) < 4.78 is 1.84. The molecule has 0 saturated carbocycles. The molecule has 18 heavy (non-hydrogen) atoms. The molecule has 1 aliphatic heterocycles. The van der Waals surface area contributed by atoms with Crippen LogP contribution in [0.15, 0.2) is 18.3 Å². The molecule has 0 aliphatic carbocycles. The highest BCUT2D eigenvalue weighted by atomic mass is 16.1. The van der Waals surface area contributed by atoms with E-state index >= 15 is 0 Å². The van der Waals surface area contributed by atoms with Crippen molar-refractivity contribution in [3.63, 3.8) is 0 Å². The lowest BCUT2D eigenvalue weighted by Crippen LogP contribution is -2.52. The normalized spacial score (nSPS) is 22.7. The van der Waals surface area contributed by atoms with Crippen molar-refractivity contribution in [2.45, 2.75) is 32.7 Å². The van der Waals surface area contributed by atoms with Crippen LogP contribution in [0.1, 0.15) is 37.2 Å². The predicted molar refractivity (Wildman–Crippen MR) is 72.6 cm³/mol. The SMILES string of the molecule is Cn1cccc1C(=O)NCC1NCCCC1(C)C. The summed E-state index contributed by atoms with van der Waals surface area (Å²) >= 11 is 0. The van der Waals surface area contributed by atoms with Crippen LogP contribution in [0.4, 0.5) is 0 Å². The average Bonchev–Trinajstić information content (AvgIpc) is 2.73. The van der Waals surface area contributed by atoms with Crippen LogP contribution >= 0.6 is 0 Å². The first-order valence-corrected chi connectivity index (χ1v) is 6.63. The van der Waals surface area contributed by atoms with E-state index in [2.05, 4.69) is 24.5 Å². The monoisotopic (exact) mass is 249 g/mol. The number of carbonyl (C=O) groups is 1. The van der Waals surface area contributed by atoms with E-state index in [4.69, 9.17) is 0 Å². The Morgan fingerprint density at radius 2 is 2.39 bits per heavy atom. The second kappa shape index (κ2) is 5.14. The van der Waals surface area contributed by atoms with Crippen molar-refractivity contribution in [1.82, 2.24) is 15.2 Å². The fraction of sp³-hybridized carbons (Fsp3) is 0.643. The van der Waals surface area contributed by atoms with Crippen LogP contribution in [0, 0.1) is 5.41 Å². The van der Waals surface area contributed by atoms with Crippen molar-refractivity contribution in [2.75, 3.05) is 13.1 Å². The van der Waals surface area contributed by atoms with Crippen LogP contribution in [0.3, 0.4) is 0 Å². The molecule has 1 aromatic heterocycles. The van der Waals surface area contributed by atoms with Gasteiger partial charge in [0.05, 0.1) is 0 Å². The van der Waals surface area contributed by atoms with E-state index in [9.17, 15) is 4.79 Å². The number of piperidine rings is 1. The lowest BCUT2D eigenvalue weighted by Gasteiger charge is -2.39. The quantitative estimate of drug-likeness (QED) is 0.853. The molecule has 2 rings (SSSR count). The molecule has 0 spiro atoms. The van der Waals surface area contributed by atoms with Crippen LogP contribution in [-0.2, 0) is 7.05 Å². The zero-order chi connectivity index (χ0) is 13.2. The maximum atomic E-state index is 12.0. The Morgan fingerprint density at radius 3 is 3.00 bits per heavy atom. The molecular weight excluding hydrogens is 226 g/mol. The summed E-state index contributed by atoms with van der Waals surface area (Å²) in [6, 6.07) is 4.09. The third kappa shape index (κ3) is 2.75. The molecular formula is C14H23N3O. The Morgan fingerprint density at radius 1 is 1.61 bits per heavy atom. The molecule has 1 saturated heterocycles. The maximum absolute atomic E-state index is 12.0. The van der Waals surface area contributed by atoms with Crippen LogP contribution in [0.2, 0.25) is 0 Å². The zero-order valence-corrected chi connectivity index (χ0v) is 11.5. The molecule has 1 aliphatic rings. The molecule has 2 N–H and O–H groups in total. The molecule has 4 heteroatoms. The van der Waals surface area contributed by atoms with Gasteiger partial charge in [-0.15, -0.1) is 0 Å². The number of rotatable bonds is 3. The van der Waals surface area contributed by atoms with E-state index in [-0.39, 0.29) is 11.3 Å². The zero-order valence-electron chi connectivity index (χ0n) is 11.5. The number of carbonyl (C=O) groups excluding carboxylic acids is 1. The predicted octanol–water partition coefficient (Wildman–Crippen LogP) is 1.53. The topological polar surface area (TPSA) is 46.1 Å². The van der Waals surface area contributed by atoms with Gasteiger partial charge < -0.3 is 15.2 Å². The minimum absolute atomic E-state index is 0.00525. The van der Waals surface area contributed by atoms with Gasteiger partial charge in [-0.3, -0.25) is 4.79 Å². The van der Waals surface area contributed by atoms with E-state index in [0.29, 0.717) is 18.3 Å². The van der Waals surface area contributed by atoms with E-state index in [1.807, 2.05) is 29.9 Å². The molecule has 0 aromatic carbocycles. The molecule has 4 nitrogen and oxygen atoms in total. The summed E-state index contributed by atoms with van der Waals surface area (Å²) in [5.74, 6) is 0.00525. The maximum Gasteiger partial charge on any atom is 0.267 e. The van der Waals surface area contributed by atoms with Gasteiger partial charge >= 0.3 is 0 Å². The van der Waals surface area contributed by atoms with Crippen molar-refractivity contribution in [2.24, 2.45) is 12.5 Å². The Balaban J connectivity index is 1.91. The number of aromatic nitrogens is 1. The fourth-order valence-electron chi connectivity index (χ4n) is 2.60. The minimum Gasteiger partial charge on any atom is -0.349 e. The number of hydrogen-bond acceptors (Lipinski definition) is 2. The molecule has 1 unspecified atom stereocenters. The molecule has 1 atom stereocenters. The molecule has 0 radical (unpaired) electrons. The van der Waals surface area contributed by atoms with E-state index in [1.165, 1.54) is 12.8 Å². The van der Waals surface area contributed by atoms with Gasteiger partial charge in [0.15, 0.2) is 0 Å². The highest BCUT2D eigenvalue weighted by Crippen LogP contribution is 2.29. The van der Waals surface area contributed by atoms with Crippen molar-refractivity contribution < 1.29 is 4.79 Å². The Bertz CT molecular complexity index is 422. The van der Waals surface area contributed by atoms with Crippen LogP contribution < -0.4 is 10.6 Å². The Hall–Kier alpha value is -1.29. The Kier molecular flexibility index (Phi) is 3.76. The lowest BCUT2D eigenvalue weighted by molar-refractivity contribution is 0.0921. The first-order chi connectivity index (χ1) is 8.50. The molecule has 1 amide bonds. The second-order valence-electron chi connectivity index (χ2n) is 5.81. The first-order valence-electron chi connectivity index (χ1n) is 6.63. The number of nitrogens with zero attached hydrogens (tertiary/aromatic N) is 1. The number of amides is 1. The number of hydrogen-bond donors (Lipinski definition) is 2. The van der Waals surface area contributed by atoms with Crippen LogP contribution in [0.5, 0.6) is 0 Å². The van der Waals surface area contributed by atoms with E-state index in [0.717, 1.165) is 6.54 Å². The summed E-state index contributed by atoms with van der Waals surface area (Å²) in [5.41, 5.74) is 0.961. The highest BCUT2D eigenvalue weighted by Gasteiger charge is 2.32. The fourth-order valence-corrected chi connectivity index (χ4v) is 2.60. The molecule has 100 valence electrons. The molecule has 2 heterocycles. The van der Waals surface area contributed by atoms with Gasteiger partial charge in [-0.05, 0) is 36.9 Å². The summed E-state index contributed by atoms with van der Waals surface area (Å²) in [7, 11) is 1.89. The van der Waals surface area contributed by atoms with Crippen LogP contribution in [0.25, 0.3) is 0 Å². The van der Waals surface area contributed by atoms with Crippen molar-refractivity contribution in [1.29, 1.82) is 0 Å².